The second kappa shape index (κ2) is 10.8. The largest absolute Gasteiger partial charge is 0.480 e. The van der Waals surface area contributed by atoms with Crippen molar-refractivity contribution in [3.8, 4) is 0 Å². The average molecular weight is 485 g/mol. The van der Waals surface area contributed by atoms with E-state index in [2.05, 4.69) is 27.8 Å². The van der Waals surface area contributed by atoms with Gasteiger partial charge in [0.05, 0.1) is 5.02 Å². The number of carboxylic acids is 1. The van der Waals surface area contributed by atoms with E-state index in [9.17, 15) is 14.7 Å². The van der Waals surface area contributed by atoms with Crippen LogP contribution < -0.4 is 10.6 Å². The van der Waals surface area contributed by atoms with Gasteiger partial charge in [0.25, 0.3) is 5.91 Å². The Hall–Kier alpha value is -2.97. The monoisotopic (exact) mass is 484 g/mol. The first-order valence-corrected chi connectivity index (χ1v) is 12.2. The van der Waals surface area contributed by atoms with Gasteiger partial charge in [0.15, 0.2) is 0 Å². The lowest BCUT2D eigenvalue weighted by molar-refractivity contribution is -0.139. The van der Waals surface area contributed by atoms with Crippen molar-refractivity contribution in [1.29, 1.82) is 0 Å². The summed E-state index contributed by atoms with van der Waals surface area (Å²) in [5, 5.41) is 17.4. The van der Waals surface area contributed by atoms with Crippen molar-refractivity contribution in [3.63, 3.8) is 0 Å². The Morgan fingerprint density at radius 3 is 2.76 bits per heavy atom. The van der Waals surface area contributed by atoms with E-state index in [1.807, 2.05) is 12.1 Å². The molecule has 0 spiro atoms. The minimum absolute atomic E-state index is 0.0936. The van der Waals surface area contributed by atoms with E-state index >= 15 is 0 Å². The van der Waals surface area contributed by atoms with Gasteiger partial charge in [-0.05, 0) is 66.8 Å². The Morgan fingerprint density at radius 2 is 2.03 bits per heavy atom. The molecule has 7 nitrogen and oxygen atoms in total. The molecule has 3 aromatic heterocycles. The lowest BCUT2D eigenvalue weighted by Gasteiger charge is -2.17. The van der Waals surface area contributed by atoms with E-state index in [4.69, 9.17) is 16.6 Å². The molecule has 0 fully saturated rings. The number of pyridine rings is 2. The Bertz CT molecular complexity index is 1130. The molecule has 3 N–H and O–H groups in total. The number of nitrogens with one attached hydrogen (secondary N) is 2. The number of aliphatic carboxylic acids is 1. The molecule has 0 saturated carbocycles. The zero-order valence-electron chi connectivity index (χ0n) is 18.0. The Balaban J connectivity index is 1.29. The zero-order valence-corrected chi connectivity index (χ0v) is 19.6. The summed E-state index contributed by atoms with van der Waals surface area (Å²) >= 11 is 7.14. The van der Waals surface area contributed by atoms with E-state index in [1.165, 1.54) is 16.9 Å². The summed E-state index contributed by atoms with van der Waals surface area (Å²) in [5.74, 6) is -0.592. The molecule has 3 aromatic rings. The van der Waals surface area contributed by atoms with Crippen LogP contribution in [0.2, 0.25) is 5.02 Å². The Kier molecular flexibility index (Phi) is 7.57. The minimum Gasteiger partial charge on any atom is -0.480 e. The predicted octanol–water partition coefficient (Wildman–Crippen LogP) is 4.15. The molecule has 33 heavy (non-hydrogen) atoms. The van der Waals surface area contributed by atoms with Gasteiger partial charge < -0.3 is 15.7 Å². The van der Waals surface area contributed by atoms with Crippen molar-refractivity contribution >= 4 is 40.6 Å². The molecule has 0 aromatic carbocycles. The van der Waals surface area contributed by atoms with Gasteiger partial charge >= 0.3 is 5.97 Å². The van der Waals surface area contributed by atoms with E-state index in [0.29, 0.717) is 15.6 Å². The van der Waals surface area contributed by atoms with Crippen LogP contribution in [0.1, 0.15) is 45.0 Å². The Morgan fingerprint density at radius 1 is 1.18 bits per heavy atom. The van der Waals surface area contributed by atoms with Gasteiger partial charge in [0.2, 0.25) is 0 Å². The third-order valence-electron chi connectivity index (χ3n) is 5.58. The summed E-state index contributed by atoms with van der Waals surface area (Å²) in [5.41, 5.74) is 4.06. The van der Waals surface area contributed by atoms with E-state index in [0.717, 1.165) is 55.7 Å². The lowest BCUT2D eigenvalue weighted by Crippen LogP contribution is -2.42. The number of hydrogen-bond acceptors (Lipinski definition) is 6. The van der Waals surface area contributed by atoms with Crippen LogP contribution in [0, 0.1) is 0 Å². The van der Waals surface area contributed by atoms with Gasteiger partial charge in [-0.15, -0.1) is 11.3 Å². The number of carbonyl (C=O) groups excluding carboxylic acids is 1. The molecule has 4 rings (SSSR count). The van der Waals surface area contributed by atoms with E-state index in [1.54, 1.807) is 17.6 Å². The summed E-state index contributed by atoms with van der Waals surface area (Å²) in [6, 6.07) is 8.58. The van der Waals surface area contributed by atoms with Gasteiger partial charge in [-0.3, -0.25) is 9.78 Å². The van der Waals surface area contributed by atoms with Crippen LogP contribution in [0.5, 0.6) is 0 Å². The maximum atomic E-state index is 12.3. The third kappa shape index (κ3) is 6.09. The summed E-state index contributed by atoms with van der Waals surface area (Å²) in [6.45, 7) is 0.982. The second-order valence-corrected chi connectivity index (χ2v) is 9.34. The average Bonchev–Trinajstić information content (AvgIpc) is 3.25. The summed E-state index contributed by atoms with van der Waals surface area (Å²) in [7, 11) is 0. The maximum Gasteiger partial charge on any atom is 0.326 e. The molecular formula is C24H25ClN4O3S. The van der Waals surface area contributed by atoms with Crippen molar-refractivity contribution in [1.82, 2.24) is 15.3 Å². The maximum absolute atomic E-state index is 12.3. The molecule has 4 heterocycles. The number of rotatable bonds is 9. The van der Waals surface area contributed by atoms with Crippen LogP contribution >= 0.6 is 22.9 Å². The number of hydrogen-bond donors (Lipinski definition) is 3. The number of carboxylic acid groups (broad SMARTS) is 1. The van der Waals surface area contributed by atoms with Gasteiger partial charge in [-0.2, -0.15) is 0 Å². The quantitative estimate of drug-likeness (QED) is 0.421. The first kappa shape index (κ1) is 23.2. The van der Waals surface area contributed by atoms with Crippen molar-refractivity contribution in [3.05, 3.63) is 74.3 Å². The number of aryl methyl sites for hydroxylation is 3. The zero-order chi connectivity index (χ0) is 23.2. The molecule has 0 unspecified atom stereocenters. The van der Waals surface area contributed by atoms with Crippen LogP contribution in [0.25, 0.3) is 0 Å². The lowest BCUT2D eigenvalue weighted by atomic mass is 10.0. The fraction of sp³-hybridized carbons (Fsp3) is 0.333. The number of thiophene rings is 1. The van der Waals surface area contributed by atoms with Gasteiger partial charge in [0.1, 0.15) is 16.7 Å². The van der Waals surface area contributed by atoms with Crippen molar-refractivity contribution < 1.29 is 14.7 Å². The van der Waals surface area contributed by atoms with Crippen LogP contribution in [0.3, 0.4) is 0 Å². The van der Waals surface area contributed by atoms with E-state index in [-0.39, 0.29) is 6.42 Å². The second-order valence-electron chi connectivity index (χ2n) is 8.02. The molecule has 172 valence electrons. The molecule has 9 heteroatoms. The fourth-order valence-corrected chi connectivity index (χ4v) is 4.84. The Labute approximate surface area is 201 Å². The smallest absolute Gasteiger partial charge is 0.326 e. The molecule has 0 radical (unpaired) electrons. The molecule has 0 aliphatic carbocycles. The summed E-state index contributed by atoms with van der Waals surface area (Å²) in [4.78, 5) is 33.4. The van der Waals surface area contributed by atoms with Crippen LogP contribution in [0.4, 0.5) is 5.82 Å². The molecular weight excluding hydrogens is 460 g/mol. The molecule has 0 bridgehead atoms. The van der Waals surface area contributed by atoms with Crippen molar-refractivity contribution in [2.45, 2.75) is 44.6 Å². The van der Waals surface area contributed by atoms with E-state index < -0.39 is 17.9 Å². The number of aromatic nitrogens is 2. The third-order valence-corrected chi connectivity index (χ3v) is 6.92. The highest BCUT2D eigenvalue weighted by molar-refractivity contribution is 7.12. The molecule has 1 amide bonds. The number of halogens is 1. The molecule has 1 aliphatic rings. The van der Waals surface area contributed by atoms with Crippen LogP contribution in [-0.4, -0.2) is 39.5 Å². The number of amides is 1. The highest BCUT2D eigenvalue weighted by Crippen LogP contribution is 2.22. The summed E-state index contributed by atoms with van der Waals surface area (Å²) in [6.07, 6.45) is 6.79. The number of anilines is 1. The van der Waals surface area contributed by atoms with Crippen molar-refractivity contribution in [2.75, 3.05) is 11.9 Å². The van der Waals surface area contributed by atoms with Gasteiger partial charge in [-0.25, -0.2) is 9.78 Å². The van der Waals surface area contributed by atoms with Gasteiger partial charge in [-0.1, -0.05) is 23.7 Å². The SMILES string of the molecule is O=C(N[C@@H](Cc1ccc(CCCc2ccc3c(n2)NCCC3)cn1)C(=O)O)c1sccc1Cl. The number of nitrogens with zero attached hydrogens (tertiary/aromatic N) is 2. The topological polar surface area (TPSA) is 104 Å². The highest BCUT2D eigenvalue weighted by atomic mass is 35.5. The van der Waals surface area contributed by atoms with Crippen LogP contribution in [0.15, 0.2) is 41.9 Å². The molecule has 0 saturated heterocycles. The standard InChI is InChI=1S/C24H25ClN4O3S/c25-19-10-12-33-21(19)23(30)29-20(24(31)32)13-18-8-6-15(14-27-18)3-1-5-17-9-7-16-4-2-11-26-22(16)28-17/h6-10,12,14,20H,1-5,11,13H2,(H,26,28)(H,29,30)(H,31,32)/t20-/m0/s1. The predicted molar refractivity (Wildman–Crippen MR) is 129 cm³/mol. The normalized spacial score (nSPS) is 13.6. The van der Waals surface area contributed by atoms with Crippen LogP contribution in [-0.2, 0) is 30.5 Å². The van der Waals surface area contributed by atoms with Gasteiger partial charge in [0, 0.05) is 30.6 Å². The minimum atomic E-state index is -1.12. The molecule has 1 aliphatic heterocycles. The first-order valence-electron chi connectivity index (χ1n) is 10.9. The number of carbonyl (C=O) groups is 2. The molecule has 1 atom stereocenters. The first-order chi connectivity index (χ1) is 16.0. The highest BCUT2D eigenvalue weighted by Gasteiger charge is 2.23. The number of fused-ring (bicyclic) bond motifs is 1. The van der Waals surface area contributed by atoms with Crippen molar-refractivity contribution in [2.24, 2.45) is 0 Å². The summed E-state index contributed by atoms with van der Waals surface area (Å²) < 4.78 is 0. The fourth-order valence-electron chi connectivity index (χ4n) is 3.79.